The van der Waals surface area contributed by atoms with Crippen molar-refractivity contribution >= 4 is 44.5 Å². The van der Waals surface area contributed by atoms with Gasteiger partial charge in [-0.2, -0.15) is 5.26 Å². The molecule has 27 heavy (non-hydrogen) atoms. The molecular weight excluding hydrogens is 364 g/mol. The molecule has 4 heterocycles. The summed E-state index contributed by atoms with van der Waals surface area (Å²) >= 11 is 1.50. The van der Waals surface area contributed by atoms with Gasteiger partial charge < -0.3 is 20.1 Å². The molecular formula is C19H14N4O3S. The maximum atomic E-state index is 12.4. The fourth-order valence-electron chi connectivity index (χ4n) is 3.60. The predicted octanol–water partition coefficient (Wildman–Crippen LogP) is 3.05. The summed E-state index contributed by atoms with van der Waals surface area (Å²) in [6.45, 7) is 2.31. The highest BCUT2D eigenvalue weighted by atomic mass is 32.1. The smallest absolute Gasteiger partial charge is 0.231 e. The lowest BCUT2D eigenvalue weighted by atomic mass is 10.1. The van der Waals surface area contributed by atoms with Gasteiger partial charge in [-0.15, -0.1) is 11.3 Å². The van der Waals surface area contributed by atoms with Crippen molar-refractivity contribution in [3.05, 3.63) is 34.2 Å². The van der Waals surface area contributed by atoms with Crippen molar-refractivity contribution in [3.8, 4) is 17.6 Å². The molecule has 0 saturated heterocycles. The van der Waals surface area contributed by atoms with E-state index < -0.39 is 0 Å². The number of rotatable bonds is 1. The second-order valence-electron chi connectivity index (χ2n) is 6.50. The number of nitrogens with zero attached hydrogens (tertiary/aromatic N) is 3. The summed E-state index contributed by atoms with van der Waals surface area (Å²) in [6, 6.07) is 7.73. The van der Waals surface area contributed by atoms with Gasteiger partial charge in [-0.05, 0) is 24.6 Å². The summed E-state index contributed by atoms with van der Waals surface area (Å²) in [5, 5.41) is 9.37. The van der Waals surface area contributed by atoms with E-state index in [2.05, 4.69) is 11.1 Å². The Morgan fingerprint density at radius 1 is 1.33 bits per heavy atom. The monoisotopic (exact) mass is 378 g/mol. The Balaban J connectivity index is 1.75. The van der Waals surface area contributed by atoms with Crippen LogP contribution in [0.4, 0.5) is 17.2 Å². The van der Waals surface area contributed by atoms with E-state index >= 15 is 0 Å². The molecule has 2 aliphatic rings. The first-order chi connectivity index (χ1) is 13.1. The fraction of sp³-hybridized carbons (Fsp3) is 0.211. The van der Waals surface area contributed by atoms with E-state index in [0.717, 1.165) is 32.0 Å². The van der Waals surface area contributed by atoms with Crippen LogP contribution in [-0.2, 0) is 11.2 Å². The number of aryl methyl sites for hydroxylation is 1. The number of Topliss-reactive ketones (excluding diaryl/α,β-unsaturated/α-hetero) is 1. The number of carbonyl (C=O) groups excluding carboxylic acids is 1. The zero-order chi connectivity index (χ0) is 18.7. The number of carbonyl (C=O) groups is 1. The van der Waals surface area contributed by atoms with Crippen LogP contribution in [0.1, 0.15) is 16.0 Å². The molecule has 2 aliphatic heterocycles. The number of nitriles is 1. The normalized spacial score (nSPS) is 15.1. The van der Waals surface area contributed by atoms with Crippen molar-refractivity contribution in [2.45, 2.75) is 13.3 Å². The van der Waals surface area contributed by atoms with Crippen molar-refractivity contribution in [3.63, 3.8) is 0 Å². The van der Waals surface area contributed by atoms with E-state index in [-0.39, 0.29) is 24.9 Å². The Hall–Kier alpha value is -3.31. The van der Waals surface area contributed by atoms with Crippen LogP contribution in [0, 0.1) is 18.3 Å². The van der Waals surface area contributed by atoms with E-state index in [1.165, 1.54) is 11.3 Å². The van der Waals surface area contributed by atoms with Crippen LogP contribution in [-0.4, -0.2) is 24.1 Å². The van der Waals surface area contributed by atoms with Crippen LogP contribution in [0.5, 0.6) is 11.5 Å². The van der Waals surface area contributed by atoms with Crippen molar-refractivity contribution in [2.75, 3.05) is 24.0 Å². The van der Waals surface area contributed by atoms with Gasteiger partial charge in [0.15, 0.2) is 17.3 Å². The maximum Gasteiger partial charge on any atom is 0.231 e. The van der Waals surface area contributed by atoms with Crippen LogP contribution >= 0.6 is 11.3 Å². The number of ketones is 1. The highest BCUT2D eigenvalue weighted by molar-refractivity contribution is 7.20. The average Bonchev–Trinajstić information content (AvgIpc) is 3.25. The zero-order valence-electron chi connectivity index (χ0n) is 14.4. The Morgan fingerprint density at radius 2 is 2.15 bits per heavy atom. The molecule has 3 aromatic rings. The number of benzene rings is 1. The summed E-state index contributed by atoms with van der Waals surface area (Å²) in [6.07, 6.45) is 0.360. The number of anilines is 3. The zero-order valence-corrected chi connectivity index (χ0v) is 15.2. The number of aromatic nitrogens is 1. The SMILES string of the molecule is Cc1c(C#N)c(N)nc2c3c(sc12)CC(=O)CN3c1ccc2c(c1)OCO2. The third-order valence-corrected chi connectivity index (χ3v) is 6.16. The molecule has 5 rings (SSSR count). The molecule has 0 spiro atoms. The lowest BCUT2D eigenvalue weighted by molar-refractivity contribution is -0.117. The number of nitrogen functional groups attached to an aromatic ring is 1. The van der Waals surface area contributed by atoms with Crippen LogP contribution in [0.3, 0.4) is 0 Å². The fourth-order valence-corrected chi connectivity index (χ4v) is 4.88. The third-order valence-electron chi connectivity index (χ3n) is 4.87. The summed E-state index contributed by atoms with van der Waals surface area (Å²) < 4.78 is 11.8. The number of hydrogen-bond acceptors (Lipinski definition) is 8. The summed E-state index contributed by atoms with van der Waals surface area (Å²) in [4.78, 5) is 19.8. The van der Waals surface area contributed by atoms with Crippen molar-refractivity contribution in [1.29, 1.82) is 5.26 Å². The quantitative estimate of drug-likeness (QED) is 0.694. The van der Waals surface area contributed by atoms with Crippen molar-refractivity contribution in [2.24, 2.45) is 0 Å². The third kappa shape index (κ3) is 2.25. The molecule has 0 atom stereocenters. The van der Waals surface area contributed by atoms with Gasteiger partial charge in [0.2, 0.25) is 6.79 Å². The van der Waals surface area contributed by atoms with E-state index in [1.807, 2.05) is 30.0 Å². The number of ether oxygens (including phenoxy) is 2. The lowest BCUT2D eigenvalue weighted by Gasteiger charge is -2.28. The molecule has 7 nitrogen and oxygen atoms in total. The van der Waals surface area contributed by atoms with Crippen LogP contribution in [0.15, 0.2) is 18.2 Å². The highest BCUT2D eigenvalue weighted by Crippen LogP contribution is 2.46. The largest absolute Gasteiger partial charge is 0.454 e. The minimum atomic E-state index is 0.123. The first-order valence-corrected chi connectivity index (χ1v) is 9.19. The number of fused-ring (bicyclic) bond motifs is 4. The number of thiophene rings is 1. The van der Waals surface area contributed by atoms with Gasteiger partial charge in [-0.25, -0.2) is 4.98 Å². The molecule has 0 amide bonds. The maximum absolute atomic E-state index is 12.4. The molecule has 0 fully saturated rings. The Morgan fingerprint density at radius 3 is 2.96 bits per heavy atom. The first-order valence-electron chi connectivity index (χ1n) is 8.37. The average molecular weight is 378 g/mol. The molecule has 0 unspecified atom stereocenters. The van der Waals surface area contributed by atoms with Gasteiger partial charge in [-0.3, -0.25) is 4.79 Å². The van der Waals surface area contributed by atoms with E-state index in [0.29, 0.717) is 23.5 Å². The molecule has 8 heteroatoms. The van der Waals surface area contributed by atoms with E-state index in [4.69, 9.17) is 15.2 Å². The predicted molar refractivity (Wildman–Crippen MR) is 102 cm³/mol. The second kappa shape index (κ2) is 5.59. The Labute approximate surface area is 158 Å². The van der Waals surface area contributed by atoms with Crippen molar-refractivity contribution < 1.29 is 14.3 Å². The minimum Gasteiger partial charge on any atom is -0.454 e. The van der Waals surface area contributed by atoms with Gasteiger partial charge in [0.1, 0.15) is 17.4 Å². The molecule has 134 valence electrons. The van der Waals surface area contributed by atoms with E-state index in [1.54, 1.807) is 0 Å². The number of nitrogens with two attached hydrogens (primary N) is 1. The van der Waals surface area contributed by atoms with Gasteiger partial charge in [0.25, 0.3) is 0 Å². The minimum absolute atomic E-state index is 0.123. The van der Waals surface area contributed by atoms with Gasteiger partial charge in [-0.1, -0.05) is 0 Å². The van der Waals surface area contributed by atoms with E-state index in [9.17, 15) is 10.1 Å². The van der Waals surface area contributed by atoms with Gasteiger partial charge in [0, 0.05) is 23.1 Å². The highest BCUT2D eigenvalue weighted by Gasteiger charge is 2.31. The molecule has 2 aromatic heterocycles. The molecule has 0 aliphatic carbocycles. The molecule has 0 radical (unpaired) electrons. The molecule has 0 bridgehead atoms. The summed E-state index contributed by atoms with van der Waals surface area (Å²) in [5.74, 6) is 1.68. The van der Waals surface area contributed by atoms with Crippen LogP contribution < -0.4 is 20.1 Å². The Bertz CT molecular complexity index is 1180. The van der Waals surface area contributed by atoms with Gasteiger partial charge in [0.05, 0.1) is 22.5 Å². The summed E-state index contributed by atoms with van der Waals surface area (Å²) in [5.41, 5.74) is 9.66. The second-order valence-corrected chi connectivity index (χ2v) is 7.60. The Kier molecular flexibility index (Phi) is 3.29. The van der Waals surface area contributed by atoms with Crippen LogP contribution in [0.25, 0.3) is 10.2 Å². The molecule has 2 N–H and O–H groups in total. The lowest BCUT2D eigenvalue weighted by Crippen LogP contribution is -2.31. The summed E-state index contributed by atoms with van der Waals surface area (Å²) in [7, 11) is 0. The van der Waals surface area contributed by atoms with Crippen molar-refractivity contribution in [1.82, 2.24) is 4.98 Å². The number of hydrogen-bond donors (Lipinski definition) is 1. The molecule has 1 aromatic carbocycles. The topological polar surface area (TPSA) is 101 Å². The number of pyridine rings is 1. The van der Waals surface area contributed by atoms with Crippen LogP contribution in [0.2, 0.25) is 0 Å². The van der Waals surface area contributed by atoms with Gasteiger partial charge >= 0.3 is 0 Å². The molecule has 0 saturated carbocycles. The first kappa shape index (κ1) is 15.9. The standard InChI is InChI=1S/C19H14N4O3S/c1-9-12(6-20)19(21)22-16-17-15(27-18(9)16)5-11(24)7-23(17)10-2-3-13-14(4-10)26-8-25-13/h2-4H,5,7-8H2,1H3,(H2,21,22).